The molecule has 4 nitrogen and oxygen atoms in total. The summed E-state index contributed by atoms with van der Waals surface area (Å²) in [7, 11) is 0. The van der Waals surface area contributed by atoms with Crippen molar-refractivity contribution in [3.05, 3.63) is 116 Å². The van der Waals surface area contributed by atoms with Crippen LogP contribution in [0.1, 0.15) is 36.3 Å². The molecule has 3 aromatic rings. The number of carbonyl (C=O) groups is 1. The normalized spacial score (nSPS) is 19.8. The largest absolute Gasteiger partial charge is 0.507 e. The molecule has 2 aliphatic rings. The van der Waals surface area contributed by atoms with Gasteiger partial charge in [0.05, 0.1) is 0 Å². The van der Waals surface area contributed by atoms with Crippen molar-refractivity contribution in [3.63, 3.8) is 0 Å². The summed E-state index contributed by atoms with van der Waals surface area (Å²) in [4.78, 5) is 15.2. The number of halogens is 2. The molecular weight excluding hydrogens is 512 g/mol. The quantitative estimate of drug-likeness (QED) is 0.340. The molecule has 0 saturated heterocycles. The van der Waals surface area contributed by atoms with Crippen LogP contribution in [-0.4, -0.2) is 16.7 Å². The van der Waals surface area contributed by atoms with Gasteiger partial charge < -0.3 is 5.11 Å². The van der Waals surface area contributed by atoms with Crippen LogP contribution in [-0.2, 0) is 4.79 Å². The van der Waals surface area contributed by atoms with Gasteiger partial charge in [0, 0.05) is 49.9 Å². The van der Waals surface area contributed by atoms with Gasteiger partial charge in [0.1, 0.15) is 11.6 Å². The van der Waals surface area contributed by atoms with Gasteiger partial charge >= 0.3 is 0 Å². The molecule has 6 heteroatoms. The van der Waals surface area contributed by atoms with E-state index in [2.05, 4.69) is 15.9 Å². The highest BCUT2D eigenvalue weighted by Crippen LogP contribution is 2.48. The van der Waals surface area contributed by atoms with E-state index in [-0.39, 0.29) is 17.4 Å². The second kappa shape index (κ2) is 9.24. The van der Waals surface area contributed by atoms with Crippen molar-refractivity contribution in [3.8, 4) is 0 Å². The van der Waals surface area contributed by atoms with Crippen LogP contribution < -0.4 is 4.90 Å². The molecule has 1 atom stereocenters. The monoisotopic (exact) mass is 532 g/mol. The van der Waals surface area contributed by atoms with Gasteiger partial charge in [0.2, 0.25) is 0 Å². The molecule has 0 unspecified atom stereocenters. The fourth-order valence-electron chi connectivity index (χ4n) is 4.81. The van der Waals surface area contributed by atoms with E-state index >= 15 is 0 Å². The fourth-order valence-corrected chi connectivity index (χ4v) is 5.20. The lowest BCUT2D eigenvalue weighted by Crippen LogP contribution is -2.42. The molecular formula is C28H22BrClN2O2. The highest BCUT2D eigenvalue weighted by atomic mass is 79.9. The number of nitrogens with one attached hydrogen (secondary N) is 1. The van der Waals surface area contributed by atoms with Crippen LogP contribution in [0.4, 0.5) is 5.69 Å². The smallest absolute Gasteiger partial charge is 0.161 e. The van der Waals surface area contributed by atoms with Gasteiger partial charge in [0.25, 0.3) is 0 Å². The predicted octanol–water partition coefficient (Wildman–Crippen LogP) is 7.66. The number of Topliss-reactive ketones (excluding diaryl/α,β-unsaturated/α-hetero) is 1. The van der Waals surface area contributed by atoms with Crippen molar-refractivity contribution in [2.24, 2.45) is 0 Å². The Bertz CT molecular complexity index is 1330. The molecule has 1 aliphatic carbocycles. The first-order chi connectivity index (χ1) is 16.5. The third-order valence-corrected chi connectivity index (χ3v) is 7.13. The molecule has 0 radical (unpaired) electrons. The average Bonchev–Trinajstić information content (AvgIpc) is 2.85. The van der Waals surface area contributed by atoms with E-state index in [1.807, 2.05) is 71.6 Å². The van der Waals surface area contributed by atoms with Crippen LogP contribution in [0.25, 0.3) is 5.76 Å². The van der Waals surface area contributed by atoms with E-state index in [0.29, 0.717) is 34.6 Å². The number of rotatable bonds is 3. The van der Waals surface area contributed by atoms with Gasteiger partial charge in [-0.15, -0.1) is 0 Å². The molecule has 0 amide bonds. The number of allylic oxidation sites excluding steroid dienone is 2. The van der Waals surface area contributed by atoms with E-state index in [1.165, 1.54) is 0 Å². The van der Waals surface area contributed by atoms with Gasteiger partial charge in [-0.3, -0.25) is 15.1 Å². The number of nitrogens with zero attached hydrogens (tertiary/aromatic N) is 1. The Morgan fingerprint density at radius 3 is 2.32 bits per heavy atom. The number of hydrogen-bond acceptors (Lipinski definition) is 3. The average molecular weight is 534 g/mol. The van der Waals surface area contributed by atoms with Crippen LogP contribution in [0.5, 0.6) is 0 Å². The van der Waals surface area contributed by atoms with Gasteiger partial charge in [0.15, 0.2) is 5.78 Å². The fraction of sp³-hybridized carbons (Fsp3) is 0.143. The number of amidine groups is 1. The van der Waals surface area contributed by atoms with Gasteiger partial charge in [-0.25, -0.2) is 0 Å². The van der Waals surface area contributed by atoms with E-state index in [4.69, 9.17) is 11.6 Å². The van der Waals surface area contributed by atoms with Crippen molar-refractivity contribution in [1.82, 2.24) is 0 Å². The predicted molar refractivity (Wildman–Crippen MR) is 140 cm³/mol. The van der Waals surface area contributed by atoms with Gasteiger partial charge in [-0.2, -0.15) is 0 Å². The topological polar surface area (TPSA) is 64.4 Å². The maximum Gasteiger partial charge on any atom is 0.161 e. The molecule has 0 spiro atoms. The molecule has 3 aromatic carbocycles. The lowest BCUT2D eigenvalue weighted by Gasteiger charge is -2.41. The molecule has 0 saturated carbocycles. The maximum absolute atomic E-state index is 13.4. The lowest BCUT2D eigenvalue weighted by molar-refractivity contribution is -0.116. The number of hydrogen-bond donors (Lipinski definition) is 2. The standard InChI is InChI=1S/C28H22BrClN2O2/c29-19-11-15-21(16-12-19)32-22-7-4-8-23(33)25(22)24(17-9-13-20(30)14-10-17)26(28(32)31)27(34)18-5-2-1-3-6-18/h1-3,5-6,9-16,24,31,34H,4,7-8H2/t24-/m0/s1. The maximum atomic E-state index is 13.4. The molecule has 1 heterocycles. The summed E-state index contributed by atoms with van der Waals surface area (Å²) < 4.78 is 0.927. The third kappa shape index (κ3) is 3.99. The number of anilines is 1. The Kier molecular flexibility index (Phi) is 6.15. The van der Waals surface area contributed by atoms with Crippen LogP contribution in [0, 0.1) is 5.41 Å². The SMILES string of the molecule is N=C1C(=C(O)c2ccccc2)[C@@H](c2ccc(Cl)cc2)C2=C(CCCC2=O)N1c1ccc(Br)cc1. The van der Waals surface area contributed by atoms with E-state index in [1.54, 1.807) is 12.1 Å². The summed E-state index contributed by atoms with van der Waals surface area (Å²) in [5.41, 5.74) is 4.08. The zero-order valence-electron chi connectivity index (χ0n) is 18.3. The molecule has 34 heavy (non-hydrogen) atoms. The number of ketones is 1. The Labute approximate surface area is 211 Å². The summed E-state index contributed by atoms with van der Waals surface area (Å²) >= 11 is 9.64. The number of aliphatic hydroxyl groups excluding tert-OH is 1. The van der Waals surface area contributed by atoms with Crippen molar-refractivity contribution >= 4 is 50.6 Å². The summed E-state index contributed by atoms with van der Waals surface area (Å²) in [5.74, 6) is -0.344. The Balaban J connectivity index is 1.82. The molecule has 0 aromatic heterocycles. The van der Waals surface area contributed by atoms with Crippen molar-refractivity contribution in [2.75, 3.05) is 4.90 Å². The summed E-state index contributed by atoms with van der Waals surface area (Å²) in [5, 5.41) is 21.4. The Morgan fingerprint density at radius 2 is 1.65 bits per heavy atom. The third-order valence-electron chi connectivity index (χ3n) is 6.35. The first-order valence-electron chi connectivity index (χ1n) is 11.1. The molecule has 170 valence electrons. The summed E-state index contributed by atoms with van der Waals surface area (Å²) in [6.45, 7) is 0. The highest BCUT2D eigenvalue weighted by molar-refractivity contribution is 9.10. The summed E-state index contributed by atoms with van der Waals surface area (Å²) in [6.07, 6.45) is 1.86. The first-order valence-corrected chi connectivity index (χ1v) is 12.3. The highest BCUT2D eigenvalue weighted by Gasteiger charge is 2.43. The Hall–Kier alpha value is -3.15. The van der Waals surface area contributed by atoms with Crippen LogP contribution in [0.3, 0.4) is 0 Å². The van der Waals surface area contributed by atoms with E-state index < -0.39 is 5.92 Å². The van der Waals surface area contributed by atoms with Crippen molar-refractivity contribution in [2.45, 2.75) is 25.2 Å². The van der Waals surface area contributed by atoms with Crippen molar-refractivity contribution < 1.29 is 9.90 Å². The zero-order valence-corrected chi connectivity index (χ0v) is 20.6. The second-order valence-electron chi connectivity index (χ2n) is 8.41. The number of aliphatic hydroxyl groups is 1. The molecule has 1 aliphatic heterocycles. The van der Waals surface area contributed by atoms with E-state index in [9.17, 15) is 15.3 Å². The molecule has 0 bridgehead atoms. The Morgan fingerprint density at radius 1 is 0.971 bits per heavy atom. The minimum atomic E-state index is -0.556. The van der Waals surface area contributed by atoms with Crippen molar-refractivity contribution in [1.29, 1.82) is 5.41 Å². The zero-order chi connectivity index (χ0) is 23.8. The minimum Gasteiger partial charge on any atom is -0.507 e. The first kappa shape index (κ1) is 22.6. The lowest BCUT2D eigenvalue weighted by atomic mass is 9.73. The minimum absolute atomic E-state index is 0.00224. The van der Waals surface area contributed by atoms with Gasteiger partial charge in [-0.1, -0.05) is 70.0 Å². The van der Waals surface area contributed by atoms with Gasteiger partial charge in [-0.05, 0) is 54.8 Å². The summed E-state index contributed by atoms with van der Waals surface area (Å²) in [6, 6.07) is 24.2. The van der Waals surface area contributed by atoms with Crippen LogP contribution in [0.2, 0.25) is 5.02 Å². The second-order valence-corrected chi connectivity index (χ2v) is 9.76. The van der Waals surface area contributed by atoms with Crippen LogP contribution >= 0.6 is 27.5 Å². The number of benzene rings is 3. The molecule has 5 rings (SSSR count). The molecule has 2 N–H and O–H groups in total. The molecule has 0 fully saturated rings. The number of carbonyl (C=O) groups excluding carboxylic acids is 1. The van der Waals surface area contributed by atoms with Crippen LogP contribution in [0.15, 0.2) is 100 Å². The van der Waals surface area contributed by atoms with E-state index in [0.717, 1.165) is 27.8 Å².